The first-order chi connectivity index (χ1) is 21.1. The number of morpholine rings is 1. The minimum absolute atomic E-state index is 0.122. The smallest absolute Gasteiger partial charge is 0.312 e. The highest BCUT2D eigenvalue weighted by molar-refractivity contribution is 9.09. The molecule has 1 unspecified atom stereocenters. The molecule has 0 radical (unpaired) electrons. The number of esters is 1. The summed E-state index contributed by atoms with van der Waals surface area (Å²) in [5, 5.41) is 13.1. The van der Waals surface area contributed by atoms with Crippen LogP contribution in [-0.4, -0.2) is 137 Å². The van der Waals surface area contributed by atoms with E-state index in [0.29, 0.717) is 45.6 Å². The van der Waals surface area contributed by atoms with Gasteiger partial charge in [-0.1, -0.05) is 35.0 Å². The third kappa shape index (κ3) is 6.91. The molecule has 4 aliphatic heterocycles. The van der Waals surface area contributed by atoms with Gasteiger partial charge in [0, 0.05) is 44.0 Å². The number of aliphatic hydroxyl groups is 1. The second-order valence-electron chi connectivity index (χ2n) is 12.1. The number of aliphatic hydroxyl groups excluding tert-OH is 1. The third-order valence-corrected chi connectivity index (χ3v) is 10.1. The minimum atomic E-state index is -1.26. The molecule has 4 saturated heterocycles. The van der Waals surface area contributed by atoms with Gasteiger partial charge in [-0.25, -0.2) is 0 Å². The molecule has 0 aromatic heterocycles. The average Bonchev–Trinajstić information content (AvgIpc) is 3.61. The number of fused-ring (bicyclic) bond motifs is 1. The molecule has 0 saturated carbocycles. The molecule has 1 spiro atoms. The average molecular weight is 684 g/mol. The number of alkyl halides is 1. The SMILES string of the molecule is C=CCCC(=O)NC[C@@H](C)OC(=O)[C@H]1[C@@H]2O[C@@]3(CC2Br)[C@@H]1C(=O)N([C@@H](CC)CO)[C@@H]3C(=O)N(CC=C)CCN1CCOCC1. The number of amides is 3. The Morgan fingerprint density at radius 3 is 2.64 bits per heavy atom. The maximum absolute atomic E-state index is 14.5. The van der Waals surface area contributed by atoms with Gasteiger partial charge in [0.15, 0.2) is 0 Å². The highest BCUT2D eigenvalue weighted by Gasteiger charge is 2.77. The Morgan fingerprint density at radius 2 is 2.00 bits per heavy atom. The molecule has 12 nitrogen and oxygen atoms in total. The molecular formula is C31H47BrN4O8. The van der Waals surface area contributed by atoms with Crippen LogP contribution in [0.3, 0.4) is 0 Å². The largest absolute Gasteiger partial charge is 0.460 e. The van der Waals surface area contributed by atoms with Crippen LogP contribution >= 0.6 is 15.9 Å². The first-order valence-electron chi connectivity index (χ1n) is 15.7. The molecule has 246 valence electrons. The van der Waals surface area contributed by atoms with Gasteiger partial charge in [0.05, 0.1) is 50.3 Å². The van der Waals surface area contributed by atoms with E-state index in [1.807, 2.05) is 6.92 Å². The van der Waals surface area contributed by atoms with E-state index in [-0.39, 0.29) is 48.7 Å². The van der Waals surface area contributed by atoms with Crippen LogP contribution in [0.25, 0.3) is 0 Å². The van der Waals surface area contributed by atoms with Crippen LogP contribution in [0.2, 0.25) is 0 Å². The summed E-state index contributed by atoms with van der Waals surface area (Å²) in [6.07, 6.45) is 3.61. The van der Waals surface area contributed by atoms with Crippen molar-refractivity contribution in [3.63, 3.8) is 0 Å². The van der Waals surface area contributed by atoms with Gasteiger partial charge in [0.2, 0.25) is 17.7 Å². The van der Waals surface area contributed by atoms with Crippen LogP contribution in [0.15, 0.2) is 25.3 Å². The number of hydrogen-bond donors (Lipinski definition) is 2. The molecule has 8 atom stereocenters. The molecule has 13 heteroatoms. The zero-order valence-corrected chi connectivity index (χ0v) is 27.4. The Hall–Kier alpha value is -2.32. The molecule has 0 aliphatic carbocycles. The minimum Gasteiger partial charge on any atom is -0.460 e. The molecular weight excluding hydrogens is 636 g/mol. The number of likely N-dealkylation sites (tertiary alicyclic amines) is 1. The fourth-order valence-corrected chi connectivity index (χ4v) is 7.97. The van der Waals surface area contributed by atoms with E-state index >= 15 is 0 Å². The van der Waals surface area contributed by atoms with Crippen LogP contribution in [0, 0.1) is 11.8 Å². The maximum Gasteiger partial charge on any atom is 0.312 e. The van der Waals surface area contributed by atoms with Gasteiger partial charge in [-0.2, -0.15) is 0 Å². The van der Waals surface area contributed by atoms with Crippen molar-refractivity contribution in [3.8, 4) is 0 Å². The predicted molar refractivity (Wildman–Crippen MR) is 166 cm³/mol. The summed E-state index contributed by atoms with van der Waals surface area (Å²) < 4.78 is 17.8. The van der Waals surface area contributed by atoms with Gasteiger partial charge >= 0.3 is 5.97 Å². The van der Waals surface area contributed by atoms with E-state index in [4.69, 9.17) is 14.2 Å². The lowest BCUT2D eigenvalue weighted by Crippen LogP contribution is -2.59. The van der Waals surface area contributed by atoms with Gasteiger partial charge < -0.3 is 34.4 Å². The fraction of sp³-hybridized carbons (Fsp3) is 0.742. The molecule has 4 aliphatic rings. The van der Waals surface area contributed by atoms with E-state index in [0.717, 1.165) is 13.1 Å². The molecule has 44 heavy (non-hydrogen) atoms. The number of nitrogens with one attached hydrogen (secondary N) is 1. The zero-order valence-electron chi connectivity index (χ0n) is 25.8. The van der Waals surface area contributed by atoms with E-state index in [9.17, 15) is 24.3 Å². The Labute approximate surface area is 268 Å². The Bertz CT molecular complexity index is 1080. The van der Waals surface area contributed by atoms with E-state index in [1.165, 1.54) is 4.90 Å². The quantitative estimate of drug-likeness (QED) is 0.138. The molecule has 4 fully saturated rings. The van der Waals surface area contributed by atoms with Crippen molar-refractivity contribution in [1.29, 1.82) is 0 Å². The summed E-state index contributed by atoms with van der Waals surface area (Å²) in [6.45, 7) is 14.9. The van der Waals surface area contributed by atoms with E-state index < -0.39 is 47.7 Å². The molecule has 3 amide bonds. The number of hydrogen-bond acceptors (Lipinski definition) is 9. The van der Waals surface area contributed by atoms with Gasteiger partial charge in [0.1, 0.15) is 17.7 Å². The van der Waals surface area contributed by atoms with Crippen molar-refractivity contribution in [2.45, 2.75) is 74.3 Å². The molecule has 0 aromatic carbocycles. The molecule has 4 heterocycles. The number of ether oxygens (including phenoxy) is 3. The summed E-state index contributed by atoms with van der Waals surface area (Å²) in [7, 11) is 0. The van der Waals surface area contributed by atoms with Crippen molar-refractivity contribution in [2.75, 3.05) is 59.1 Å². The van der Waals surface area contributed by atoms with Crippen LogP contribution in [-0.2, 0) is 33.4 Å². The Morgan fingerprint density at radius 1 is 1.27 bits per heavy atom. The highest BCUT2D eigenvalue weighted by atomic mass is 79.9. The van der Waals surface area contributed by atoms with Gasteiger partial charge in [-0.05, 0) is 26.2 Å². The standard InChI is InChI=1S/C31H47BrN4O8/c1-5-8-9-23(38)33-18-20(4)43-30(41)24-25-28(39)36(21(7-3)19-37)27(31(25)17-22(32)26(24)44-31)29(40)35(10-6-2)12-11-34-13-15-42-16-14-34/h5-6,20-22,24-27,37H,1-2,7-19H2,3-4H3,(H,33,38)/t20-,21+,22?,24-,25+,26-,27-,31+/m1/s1. The van der Waals surface area contributed by atoms with Crippen LogP contribution in [0.4, 0.5) is 0 Å². The van der Waals surface area contributed by atoms with Crippen molar-refractivity contribution >= 4 is 39.6 Å². The lowest BCUT2D eigenvalue weighted by Gasteiger charge is -2.39. The number of nitrogens with zero attached hydrogens (tertiary/aromatic N) is 3. The van der Waals surface area contributed by atoms with Crippen molar-refractivity contribution in [3.05, 3.63) is 25.3 Å². The summed E-state index contributed by atoms with van der Waals surface area (Å²) in [5.74, 6) is -3.34. The zero-order chi connectivity index (χ0) is 32.0. The van der Waals surface area contributed by atoms with Gasteiger partial charge in [-0.3, -0.25) is 24.1 Å². The lowest BCUT2D eigenvalue weighted by molar-refractivity contribution is -0.160. The van der Waals surface area contributed by atoms with Crippen LogP contribution < -0.4 is 5.32 Å². The fourth-order valence-electron chi connectivity index (χ4n) is 7.03. The van der Waals surface area contributed by atoms with Crippen molar-refractivity contribution < 1.29 is 38.5 Å². The van der Waals surface area contributed by atoms with Gasteiger partial charge in [0.25, 0.3) is 0 Å². The van der Waals surface area contributed by atoms with Crippen LogP contribution in [0.1, 0.15) is 39.5 Å². The number of rotatable bonds is 16. The second kappa shape index (κ2) is 15.3. The lowest BCUT2D eigenvalue weighted by atomic mass is 9.70. The predicted octanol–water partition coefficient (Wildman–Crippen LogP) is 0.866. The Kier molecular flexibility index (Phi) is 12.0. The summed E-state index contributed by atoms with van der Waals surface area (Å²) >= 11 is 3.68. The van der Waals surface area contributed by atoms with E-state index in [2.05, 4.69) is 39.3 Å². The molecule has 0 aromatic rings. The summed E-state index contributed by atoms with van der Waals surface area (Å²) in [5.41, 5.74) is -1.26. The van der Waals surface area contributed by atoms with Crippen LogP contribution in [0.5, 0.6) is 0 Å². The number of halogens is 1. The first-order valence-corrected chi connectivity index (χ1v) is 16.6. The monoisotopic (exact) mass is 682 g/mol. The topological polar surface area (TPSA) is 138 Å². The maximum atomic E-state index is 14.5. The van der Waals surface area contributed by atoms with Gasteiger partial charge in [-0.15, -0.1) is 13.2 Å². The number of carbonyl (C=O) groups excluding carboxylic acids is 4. The first kappa shape index (κ1) is 34.6. The highest BCUT2D eigenvalue weighted by Crippen LogP contribution is 2.60. The number of carbonyl (C=O) groups is 4. The molecule has 2 bridgehead atoms. The molecule has 4 rings (SSSR count). The Balaban J connectivity index is 1.58. The summed E-state index contributed by atoms with van der Waals surface area (Å²) in [6, 6.07) is -1.65. The summed E-state index contributed by atoms with van der Waals surface area (Å²) in [4.78, 5) is 59.7. The second-order valence-corrected chi connectivity index (χ2v) is 13.2. The van der Waals surface area contributed by atoms with E-state index in [1.54, 1.807) is 24.0 Å². The van der Waals surface area contributed by atoms with Crippen molar-refractivity contribution in [1.82, 2.24) is 20.0 Å². The number of allylic oxidation sites excluding steroid dienone is 1. The molecule has 2 N–H and O–H groups in total. The van der Waals surface area contributed by atoms with Crippen molar-refractivity contribution in [2.24, 2.45) is 11.8 Å². The normalized spacial score (nSPS) is 30.9. The third-order valence-electron chi connectivity index (χ3n) is 9.24.